The van der Waals surface area contributed by atoms with E-state index in [9.17, 15) is 4.79 Å². The average molecular weight is 249 g/mol. The van der Waals surface area contributed by atoms with Gasteiger partial charge in [-0.15, -0.1) is 0 Å². The van der Waals surface area contributed by atoms with Crippen LogP contribution in [0.1, 0.15) is 22.8 Å². The Kier molecular flexibility index (Phi) is 4.55. The standard InChI is InChI=1S/C13H15NO4/c1-8(7-14)18-13(15)10-5-11(16-3)9(2)12(6-10)17-4/h5-6,8H,1-4H3/t8-/m0/s1. The molecule has 0 bridgehead atoms. The van der Waals surface area contributed by atoms with Gasteiger partial charge >= 0.3 is 5.97 Å². The van der Waals surface area contributed by atoms with Crippen LogP contribution in [0.25, 0.3) is 0 Å². The van der Waals surface area contributed by atoms with Gasteiger partial charge in [-0.3, -0.25) is 0 Å². The molecule has 1 rings (SSSR count). The van der Waals surface area contributed by atoms with Crippen molar-refractivity contribution in [2.75, 3.05) is 14.2 Å². The van der Waals surface area contributed by atoms with Gasteiger partial charge in [0.05, 0.1) is 19.8 Å². The van der Waals surface area contributed by atoms with Crippen LogP contribution in [0.15, 0.2) is 12.1 Å². The summed E-state index contributed by atoms with van der Waals surface area (Å²) in [6.45, 7) is 3.32. The third-order valence-corrected chi connectivity index (χ3v) is 2.45. The van der Waals surface area contributed by atoms with Crippen molar-refractivity contribution in [3.8, 4) is 17.6 Å². The largest absolute Gasteiger partial charge is 0.496 e. The lowest BCUT2D eigenvalue weighted by molar-refractivity contribution is 0.0434. The fourth-order valence-electron chi connectivity index (χ4n) is 1.46. The second-order valence-corrected chi connectivity index (χ2v) is 3.68. The van der Waals surface area contributed by atoms with Gasteiger partial charge in [0.2, 0.25) is 0 Å². The van der Waals surface area contributed by atoms with E-state index >= 15 is 0 Å². The topological polar surface area (TPSA) is 68.5 Å². The molecule has 0 N–H and O–H groups in total. The molecule has 0 aliphatic rings. The van der Waals surface area contributed by atoms with E-state index in [0.29, 0.717) is 11.5 Å². The zero-order chi connectivity index (χ0) is 13.7. The second kappa shape index (κ2) is 5.92. The maximum absolute atomic E-state index is 11.8. The lowest BCUT2D eigenvalue weighted by atomic mass is 10.1. The van der Waals surface area contributed by atoms with Crippen molar-refractivity contribution in [2.24, 2.45) is 0 Å². The lowest BCUT2D eigenvalue weighted by Gasteiger charge is -2.12. The van der Waals surface area contributed by atoms with E-state index < -0.39 is 12.1 Å². The van der Waals surface area contributed by atoms with Crippen LogP contribution >= 0.6 is 0 Å². The highest BCUT2D eigenvalue weighted by molar-refractivity contribution is 5.91. The number of rotatable bonds is 4. The van der Waals surface area contributed by atoms with Crippen molar-refractivity contribution >= 4 is 5.97 Å². The summed E-state index contributed by atoms with van der Waals surface area (Å²) in [7, 11) is 3.02. The van der Waals surface area contributed by atoms with Crippen LogP contribution in [0.4, 0.5) is 0 Å². The highest BCUT2D eigenvalue weighted by atomic mass is 16.5. The Bertz CT molecular complexity index is 465. The molecule has 0 amide bonds. The molecule has 0 spiro atoms. The highest BCUT2D eigenvalue weighted by Gasteiger charge is 2.16. The van der Waals surface area contributed by atoms with Crippen LogP contribution in [0.3, 0.4) is 0 Å². The molecule has 0 heterocycles. The minimum Gasteiger partial charge on any atom is -0.496 e. The Morgan fingerprint density at radius 2 is 1.78 bits per heavy atom. The van der Waals surface area contributed by atoms with Crippen LogP contribution in [0.2, 0.25) is 0 Å². The van der Waals surface area contributed by atoms with E-state index in [1.807, 2.05) is 13.0 Å². The molecule has 1 aromatic rings. The van der Waals surface area contributed by atoms with Gasteiger partial charge in [0.25, 0.3) is 0 Å². The number of ether oxygens (including phenoxy) is 3. The molecule has 5 nitrogen and oxygen atoms in total. The first-order chi connectivity index (χ1) is 8.53. The van der Waals surface area contributed by atoms with Crippen molar-refractivity contribution in [3.63, 3.8) is 0 Å². The molecule has 0 saturated carbocycles. The number of hydrogen-bond acceptors (Lipinski definition) is 5. The lowest BCUT2D eigenvalue weighted by Crippen LogP contribution is -2.13. The van der Waals surface area contributed by atoms with Crippen molar-refractivity contribution in [1.82, 2.24) is 0 Å². The number of nitrogens with zero attached hydrogens (tertiary/aromatic N) is 1. The number of benzene rings is 1. The molecule has 1 aromatic carbocycles. The summed E-state index contributed by atoms with van der Waals surface area (Å²) < 4.78 is 15.2. The number of carbonyl (C=O) groups is 1. The van der Waals surface area contributed by atoms with Crippen LogP contribution in [0.5, 0.6) is 11.5 Å². The zero-order valence-electron chi connectivity index (χ0n) is 10.8. The summed E-state index contributed by atoms with van der Waals surface area (Å²) in [5.41, 5.74) is 1.08. The molecular formula is C13H15NO4. The number of carbonyl (C=O) groups excluding carboxylic acids is 1. The van der Waals surface area contributed by atoms with Gasteiger partial charge < -0.3 is 14.2 Å². The molecule has 5 heteroatoms. The first-order valence-electron chi connectivity index (χ1n) is 5.36. The first kappa shape index (κ1) is 13.8. The van der Waals surface area contributed by atoms with Gasteiger partial charge in [0.1, 0.15) is 17.6 Å². The molecule has 18 heavy (non-hydrogen) atoms. The molecule has 0 aliphatic carbocycles. The predicted octanol–water partition coefficient (Wildman–Crippen LogP) is 2.08. The molecule has 0 radical (unpaired) electrons. The van der Waals surface area contributed by atoms with Gasteiger partial charge in [0, 0.05) is 5.56 Å². The predicted molar refractivity (Wildman–Crippen MR) is 64.8 cm³/mol. The van der Waals surface area contributed by atoms with Gasteiger partial charge in [-0.25, -0.2) is 4.79 Å². The Morgan fingerprint density at radius 1 is 1.28 bits per heavy atom. The van der Waals surface area contributed by atoms with Gasteiger partial charge in [0.15, 0.2) is 6.10 Å². The summed E-state index contributed by atoms with van der Waals surface area (Å²) >= 11 is 0. The van der Waals surface area contributed by atoms with E-state index in [1.165, 1.54) is 21.1 Å². The first-order valence-corrected chi connectivity index (χ1v) is 5.36. The van der Waals surface area contributed by atoms with Crippen LogP contribution in [-0.4, -0.2) is 26.3 Å². The summed E-state index contributed by atoms with van der Waals surface area (Å²) in [4.78, 5) is 11.8. The van der Waals surface area contributed by atoms with Gasteiger partial charge in [-0.1, -0.05) is 0 Å². The van der Waals surface area contributed by atoms with Crippen molar-refractivity contribution in [1.29, 1.82) is 5.26 Å². The SMILES string of the molecule is COc1cc(C(=O)O[C@@H](C)C#N)cc(OC)c1C. The molecule has 96 valence electrons. The second-order valence-electron chi connectivity index (χ2n) is 3.68. The van der Waals surface area contributed by atoms with Gasteiger partial charge in [-0.05, 0) is 26.0 Å². The average Bonchev–Trinajstić information content (AvgIpc) is 2.38. The number of esters is 1. The fraction of sp³-hybridized carbons (Fsp3) is 0.385. The van der Waals surface area contributed by atoms with E-state index in [-0.39, 0.29) is 5.56 Å². The van der Waals surface area contributed by atoms with Gasteiger partial charge in [-0.2, -0.15) is 5.26 Å². The minimum atomic E-state index is -0.796. The fourth-order valence-corrected chi connectivity index (χ4v) is 1.46. The normalized spacial score (nSPS) is 11.3. The van der Waals surface area contributed by atoms with Crippen molar-refractivity contribution in [2.45, 2.75) is 20.0 Å². The van der Waals surface area contributed by atoms with E-state index in [0.717, 1.165) is 5.56 Å². The molecule has 0 aromatic heterocycles. The Balaban J connectivity index is 3.10. The van der Waals surface area contributed by atoms with E-state index in [1.54, 1.807) is 12.1 Å². The summed E-state index contributed by atoms with van der Waals surface area (Å²) in [5, 5.41) is 8.60. The third kappa shape index (κ3) is 2.92. The van der Waals surface area contributed by atoms with Crippen LogP contribution in [0, 0.1) is 18.3 Å². The summed E-state index contributed by atoms with van der Waals surface area (Å²) in [6, 6.07) is 4.95. The quantitative estimate of drug-likeness (QED) is 0.764. The van der Waals surface area contributed by atoms with E-state index in [4.69, 9.17) is 19.5 Å². The summed E-state index contributed by atoms with van der Waals surface area (Å²) in [5.74, 6) is 0.484. The molecule has 0 fully saturated rings. The smallest absolute Gasteiger partial charge is 0.339 e. The molecule has 0 unspecified atom stereocenters. The molecule has 1 atom stereocenters. The molecule has 0 saturated heterocycles. The number of hydrogen-bond donors (Lipinski definition) is 0. The maximum atomic E-state index is 11.8. The number of methoxy groups -OCH3 is 2. The molecule has 0 aliphatic heterocycles. The minimum absolute atomic E-state index is 0.288. The Hall–Kier alpha value is -2.22. The Labute approximate surface area is 106 Å². The van der Waals surface area contributed by atoms with Crippen molar-refractivity contribution in [3.05, 3.63) is 23.3 Å². The summed E-state index contributed by atoms with van der Waals surface area (Å²) in [6.07, 6.45) is -0.796. The maximum Gasteiger partial charge on any atom is 0.339 e. The highest BCUT2D eigenvalue weighted by Crippen LogP contribution is 2.29. The monoisotopic (exact) mass is 249 g/mol. The molecular weight excluding hydrogens is 234 g/mol. The third-order valence-electron chi connectivity index (χ3n) is 2.45. The van der Waals surface area contributed by atoms with Crippen LogP contribution < -0.4 is 9.47 Å². The van der Waals surface area contributed by atoms with Crippen molar-refractivity contribution < 1.29 is 19.0 Å². The Morgan fingerprint density at radius 3 is 2.17 bits per heavy atom. The van der Waals surface area contributed by atoms with E-state index in [2.05, 4.69) is 0 Å². The number of nitriles is 1. The van der Waals surface area contributed by atoms with Crippen LogP contribution in [-0.2, 0) is 4.74 Å². The zero-order valence-corrected chi connectivity index (χ0v) is 10.8.